The summed E-state index contributed by atoms with van der Waals surface area (Å²) in [6.07, 6.45) is 6.43. The Labute approximate surface area is 86.9 Å². The molecule has 0 spiro atoms. The first-order chi connectivity index (χ1) is 6.74. The van der Waals surface area contributed by atoms with Crippen molar-refractivity contribution in [1.82, 2.24) is 4.90 Å². The van der Waals surface area contributed by atoms with Gasteiger partial charge in [-0.3, -0.25) is 0 Å². The molecule has 14 heavy (non-hydrogen) atoms. The summed E-state index contributed by atoms with van der Waals surface area (Å²) < 4.78 is 5.73. The normalized spacial score (nSPS) is 36.0. The zero-order valence-corrected chi connectivity index (χ0v) is 9.49. The van der Waals surface area contributed by atoms with Crippen LogP contribution in [0.25, 0.3) is 0 Å². The van der Waals surface area contributed by atoms with E-state index in [4.69, 9.17) is 4.74 Å². The first-order valence-electron chi connectivity index (χ1n) is 5.75. The highest BCUT2D eigenvalue weighted by Gasteiger charge is 2.41. The molecule has 2 aliphatic rings. The fourth-order valence-electron chi connectivity index (χ4n) is 3.02. The topological polar surface area (TPSA) is 12.5 Å². The van der Waals surface area contributed by atoms with Crippen LogP contribution in [0, 0.1) is 11.8 Å². The maximum absolute atomic E-state index is 5.73. The Morgan fingerprint density at radius 3 is 2.86 bits per heavy atom. The Morgan fingerprint density at radius 1 is 1.43 bits per heavy atom. The van der Waals surface area contributed by atoms with Crippen molar-refractivity contribution in [2.45, 2.75) is 32.2 Å². The monoisotopic (exact) mass is 195 g/mol. The zero-order chi connectivity index (χ0) is 10.1. The number of fused-ring (bicyclic) bond motifs is 1. The number of allylic oxidation sites excluding steroid dienone is 1. The van der Waals surface area contributed by atoms with Crippen LogP contribution in [-0.2, 0) is 4.74 Å². The number of hydrogen-bond donors (Lipinski definition) is 0. The quantitative estimate of drug-likeness (QED) is 0.685. The molecule has 0 saturated heterocycles. The van der Waals surface area contributed by atoms with Crippen molar-refractivity contribution in [2.24, 2.45) is 11.8 Å². The summed E-state index contributed by atoms with van der Waals surface area (Å²) in [5, 5.41) is 0. The van der Waals surface area contributed by atoms with E-state index in [0.29, 0.717) is 6.04 Å². The van der Waals surface area contributed by atoms with E-state index >= 15 is 0 Å². The van der Waals surface area contributed by atoms with Gasteiger partial charge in [-0.1, -0.05) is 6.42 Å². The Morgan fingerprint density at radius 2 is 2.21 bits per heavy atom. The Bertz CT molecular complexity index is 234. The van der Waals surface area contributed by atoms with Gasteiger partial charge in [-0.2, -0.15) is 0 Å². The second-order valence-corrected chi connectivity index (χ2v) is 4.66. The van der Waals surface area contributed by atoms with Crippen LogP contribution in [0.3, 0.4) is 0 Å². The first kappa shape index (κ1) is 10.0. The molecule has 0 radical (unpaired) electrons. The van der Waals surface area contributed by atoms with Gasteiger partial charge >= 0.3 is 0 Å². The molecule has 1 unspecified atom stereocenters. The Hall–Kier alpha value is -0.500. The van der Waals surface area contributed by atoms with Gasteiger partial charge in [0.15, 0.2) is 0 Å². The van der Waals surface area contributed by atoms with Crippen LogP contribution in [0.15, 0.2) is 11.8 Å². The van der Waals surface area contributed by atoms with E-state index in [1.165, 1.54) is 25.0 Å². The maximum Gasteiger partial charge on any atom is 0.0969 e. The van der Waals surface area contributed by atoms with Gasteiger partial charge in [0.1, 0.15) is 0 Å². The van der Waals surface area contributed by atoms with E-state index in [9.17, 15) is 0 Å². The molecule has 2 aliphatic carbocycles. The molecule has 0 heterocycles. The Balaban J connectivity index is 2.13. The lowest BCUT2D eigenvalue weighted by Crippen LogP contribution is -2.31. The van der Waals surface area contributed by atoms with E-state index in [0.717, 1.165) is 18.4 Å². The van der Waals surface area contributed by atoms with Crippen molar-refractivity contribution in [3.8, 4) is 0 Å². The third kappa shape index (κ3) is 1.56. The SMILES string of the molecule is CCOC1=CC(N(C)C)[C@H]2CCC[C@@H]12. The van der Waals surface area contributed by atoms with E-state index in [1.807, 2.05) is 0 Å². The Kier molecular flexibility index (Phi) is 2.82. The van der Waals surface area contributed by atoms with Gasteiger partial charge in [-0.15, -0.1) is 0 Å². The standard InChI is InChI=1S/C12H21NO/c1-4-14-12-8-11(13(2)3)9-6-5-7-10(9)12/h8-11H,4-7H2,1-3H3/t9-,10+,11?/m0/s1. The fourth-order valence-corrected chi connectivity index (χ4v) is 3.02. The summed E-state index contributed by atoms with van der Waals surface area (Å²) in [6, 6.07) is 0.615. The molecule has 0 aromatic rings. The minimum Gasteiger partial charge on any atom is -0.498 e. The average Bonchev–Trinajstić information content (AvgIpc) is 2.67. The van der Waals surface area contributed by atoms with E-state index in [-0.39, 0.29) is 0 Å². The van der Waals surface area contributed by atoms with Gasteiger partial charge in [0.05, 0.1) is 12.4 Å². The van der Waals surface area contributed by atoms with Crippen LogP contribution in [-0.4, -0.2) is 31.6 Å². The molecule has 1 fully saturated rings. The molecule has 2 rings (SSSR count). The molecule has 0 N–H and O–H groups in total. The van der Waals surface area contributed by atoms with Crippen LogP contribution >= 0.6 is 0 Å². The third-order valence-corrected chi connectivity index (χ3v) is 3.62. The highest BCUT2D eigenvalue weighted by Crippen LogP contribution is 2.45. The van der Waals surface area contributed by atoms with Crippen molar-refractivity contribution in [3.05, 3.63) is 11.8 Å². The summed E-state index contributed by atoms with van der Waals surface area (Å²) in [5.74, 6) is 2.82. The second-order valence-electron chi connectivity index (χ2n) is 4.66. The van der Waals surface area contributed by atoms with Crippen molar-refractivity contribution in [1.29, 1.82) is 0 Å². The molecule has 0 aromatic carbocycles. The highest BCUT2D eigenvalue weighted by molar-refractivity contribution is 5.18. The molecule has 3 atom stereocenters. The second kappa shape index (κ2) is 3.93. The summed E-state index contributed by atoms with van der Waals surface area (Å²) >= 11 is 0. The minimum absolute atomic E-state index is 0.615. The zero-order valence-electron chi connectivity index (χ0n) is 9.49. The lowest BCUT2D eigenvalue weighted by Gasteiger charge is -2.24. The minimum atomic E-state index is 0.615. The van der Waals surface area contributed by atoms with Gasteiger partial charge in [0.25, 0.3) is 0 Å². The van der Waals surface area contributed by atoms with Crippen LogP contribution in [0.1, 0.15) is 26.2 Å². The number of ether oxygens (including phenoxy) is 1. The number of nitrogens with zero attached hydrogens (tertiary/aromatic N) is 1. The van der Waals surface area contributed by atoms with Crippen molar-refractivity contribution in [2.75, 3.05) is 20.7 Å². The predicted molar refractivity (Wildman–Crippen MR) is 58.0 cm³/mol. The number of rotatable bonds is 3. The van der Waals surface area contributed by atoms with Gasteiger partial charge in [-0.25, -0.2) is 0 Å². The molecule has 80 valence electrons. The molecule has 0 aromatic heterocycles. The molecule has 1 saturated carbocycles. The van der Waals surface area contributed by atoms with Crippen LogP contribution in [0.5, 0.6) is 0 Å². The van der Waals surface area contributed by atoms with Gasteiger partial charge in [0, 0.05) is 12.0 Å². The number of likely N-dealkylation sites (N-methyl/N-ethyl adjacent to an activating group) is 1. The lowest BCUT2D eigenvalue weighted by atomic mass is 9.95. The van der Waals surface area contributed by atoms with Gasteiger partial charge in [0.2, 0.25) is 0 Å². The molecule has 2 heteroatoms. The highest BCUT2D eigenvalue weighted by atomic mass is 16.5. The van der Waals surface area contributed by atoms with Crippen molar-refractivity contribution < 1.29 is 4.74 Å². The molecular weight excluding hydrogens is 174 g/mol. The molecular formula is C12H21NO. The van der Waals surface area contributed by atoms with Crippen LogP contribution in [0.2, 0.25) is 0 Å². The molecule has 2 nitrogen and oxygen atoms in total. The van der Waals surface area contributed by atoms with E-state index in [1.54, 1.807) is 0 Å². The van der Waals surface area contributed by atoms with Crippen LogP contribution < -0.4 is 0 Å². The van der Waals surface area contributed by atoms with Crippen molar-refractivity contribution in [3.63, 3.8) is 0 Å². The molecule has 0 amide bonds. The largest absolute Gasteiger partial charge is 0.498 e. The summed E-state index contributed by atoms with van der Waals surface area (Å²) in [4.78, 5) is 2.33. The van der Waals surface area contributed by atoms with E-state index in [2.05, 4.69) is 32.0 Å². The number of hydrogen-bond acceptors (Lipinski definition) is 2. The van der Waals surface area contributed by atoms with Gasteiger partial charge < -0.3 is 9.64 Å². The molecule has 0 aliphatic heterocycles. The van der Waals surface area contributed by atoms with Crippen LogP contribution in [0.4, 0.5) is 0 Å². The maximum atomic E-state index is 5.73. The molecule has 0 bridgehead atoms. The fraction of sp³-hybridized carbons (Fsp3) is 0.833. The van der Waals surface area contributed by atoms with Gasteiger partial charge in [-0.05, 0) is 45.9 Å². The third-order valence-electron chi connectivity index (χ3n) is 3.62. The van der Waals surface area contributed by atoms with Crippen molar-refractivity contribution >= 4 is 0 Å². The summed E-state index contributed by atoms with van der Waals surface area (Å²) in [6.45, 7) is 2.89. The smallest absolute Gasteiger partial charge is 0.0969 e. The summed E-state index contributed by atoms with van der Waals surface area (Å²) in [7, 11) is 4.34. The average molecular weight is 195 g/mol. The summed E-state index contributed by atoms with van der Waals surface area (Å²) in [5.41, 5.74) is 0. The predicted octanol–water partition coefficient (Wildman–Crippen LogP) is 2.27. The lowest BCUT2D eigenvalue weighted by molar-refractivity contribution is 0.178. The first-order valence-corrected chi connectivity index (χ1v) is 5.75. The van der Waals surface area contributed by atoms with E-state index < -0.39 is 0 Å².